The molecule has 0 radical (unpaired) electrons. The number of aliphatic imine (C=N–C) groups is 1. The highest BCUT2D eigenvalue weighted by Crippen LogP contribution is 2.49. The molecule has 0 aliphatic carbocycles. The van der Waals surface area contributed by atoms with E-state index < -0.39 is 5.54 Å². The molecule has 4 nitrogen and oxygen atoms in total. The first-order chi connectivity index (χ1) is 16.1. The Hall–Kier alpha value is -3.00. The Morgan fingerprint density at radius 2 is 1.73 bits per heavy atom. The smallest absolute Gasteiger partial charge is 0.141 e. The Balaban J connectivity index is 1.65. The van der Waals surface area contributed by atoms with Crippen LogP contribution in [0.2, 0.25) is 0 Å². The number of rotatable bonds is 7. The Morgan fingerprint density at radius 1 is 1.06 bits per heavy atom. The minimum Gasteiger partial charge on any atom is -0.383 e. The van der Waals surface area contributed by atoms with Crippen molar-refractivity contribution < 1.29 is 0 Å². The van der Waals surface area contributed by atoms with Crippen LogP contribution in [-0.4, -0.2) is 23.3 Å². The van der Waals surface area contributed by atoms with Crippen LogP contribution in [0.15, 0.2) is 93.5 Å². The molecule has 3 N–H and O–H groups in total. The van der Waals surface area contributed by atoms with Gasteiger partial charge in [-0.25, -0.2) is 4.98 Å². The minimum atomic E-state index is -0.620. The molecular formula is C26H22N4S3. The number of hydrogen-bond acceptors (Lipinski definition) is 6. The molecule has 0 saturated heterocycles. The average molecular weight is 487 g/mol. The van der Waals surface area contributed by atoms with Gasteiger partial charge in [-0.15, -0.1) is 34.4 Å². The number of nitrogens with zero attached hydrogens (tertiary/aromatic N) is 2. The number of nitrogen functional groups attached to an aromatic ring is 1. The van der Waals surface area contributed by atoms with Gasteiger partial charge in [-0.1, -0.05) is 60.7 Å². The number of aromatic nitrogens is 1. The Labute approximate surface area is 205 Å². The maximum Gasteiger partial charge on any atom is 0.141 e. The first-order valence-electron chi connectivity index (χ1n) is 10.4. The summed E-state index contributed by atoms with van der Waals surface area (Å²) in [6, 6.07) is 23.0. The predicted molar refractivity (Wildman–Crippen MR) is 142 cm³/mol. The highest BCUT2D eigenvalue weighted by molar-refractivity contribution is 8.00. The van der Waals surface area contributed by atoms with Gasteiger partial charge in [-0.05, 0) is 35.6 Å². The second-order valence-corrected chi connectivity index (χ2v) is 10.7. The van der Waals surface area contributed by atoms with Gasteiger partial charge in [0.05, 0.1) is 14.8 Å². The van der Waals surface area contributed by atoms with Gasteiger partial charge in [0.25, 0.3) is 0 Å². The van der Waals surface area contributed by atoms with Crippen molar-refractivity contribution in [3.8, 4) is 11.3 Å². The van der Waals surface area contributed by atoms with Crippen molar-refractivity contribution in [3.63, 3.8) is 0 Å². The molecule has 1 aliphatic heterocycles. The first kappa shape index (κ1) is 21.8. The number of thioether (sulfide) groups is 1. The van der Waals surface area contributed by atoms with Gasteiger partial charge >= 0.3 is 0 Å². The molecule has 1 aliphatic rings. The Morgan fingerprint density at radius 3 is 2.27 bits per heavy atom. The monoisotopic (exact) mass is 486 g/mol. The van der Waals surface area contributed by atoms with Crippen LogP contribution in [-0.2, 0) is 5.54 Å². The van der Waals surface area contributed by atoms with Crippen LogP contribution in [0.3, 0.4) is 0 Å². The Kier molecular flexibility index (Phi) is 6.01. The lowest BCUT2D eigenvalue weighted by Gasteiger charge is -2.33. The van der Waals surface area contributed by atoms with Crippen molar-refractivity contribution in [1.29, 1.82) is 5.41 Å². The van der Waals surface area contributed by atoms with Crippen LogP contribution < -0.4 is 5.73 Å². The number of nitrogens with one attached hydrogen (secondary N) is 1. The largest absolute Gasteiger partial charge is 0.383 e. The zero-order chi connectivity index (χ0) is 22.8. The molecule has 0 spiro atoms. The summed E-state index contributed by atoms with van der Waals surface area (Å²) in [5.41, 5.74) is 9.46. The quantitative estimate of drug-likeness (QED) is 0.177. The van der Waals surface area contributed by atoms with E-state index in [-0.39, 0.29) is 11.8 Å². The van der Waals surface area contributed by atoms with Gasteiger partial charge in [0, 0.05) is 23.1 Å². The summed E-state index contributed by atoms with van der Waals surface area (Å²) in [5, 5.41) is 10.9. The zero-order valence-corrected chi connectivity index (χ0v) is 20.4. The number of thiazole rings is 1. The summed E-state index contributed by atoms with van der Waals surface area (Å²) >= 11 is 4.82. The minimum absolute atomic E-state index is 0.0100. The highest BCUT2D eigenvalue weighted by atomic mass is 32.2. The number of thiophene rings is 1. The first-order valence-corrected chi connectivity index (χ1v) is 13.4. The van der Waals surface area contributed by atoms with E-state index in [0.717, 1.165) is 25.4 Å². The average Bonchev–Trinajstić information content (AvgIpc) is 3.60. The van der Waals surface area contributed by atoms with E-state index in [9.17, 15) is 0 Å². The SMILES string of the molecule is CSc1sc(C(=N)N)cc1-c1csc(C2(C(c3ccccc3)c3ccccc3)C=CC=N2)n1. The third-order valence-electron chi connectivity index (χ3n) is 5.70. The highest BCUT2D eigenvalue weighted by Gasteiger charge is 2.43. The molecule has 2 aromatic heterocycles. The maximum atomic E-state index is 7.83. The van der Waals surface area contributed by atoms with E-state index in [1.165, 1.54) is 22.5 Å². The molecule has 1 atom stereocenters. The third kappa shape index (κ3) is 3.97. The summed E-state index contributed by atoms with van der Waals surface area (Å²) in [5.74, 6) is 0.0780. The van der Waals surface area contributed by atoms with Crippen molar-refractivity contribution in [2.45, 2.75) is 15.7 Å². The van der Waals surface area contributed by atoms with Crippen LogP contribution >= 0.6 is 34.4 Å². The fourth-order valence-corrected chi connectivity index (χ4v) is 6.96. The van der Waals surface area contributed by atoms with Crippen molar-refractivity contribution in [3.05, 3.63) is 105 Å². The molecule has 33 heavy (non-hydrogen) atoms. The molecule has 3 heterocycles. The second-order valence-electron chi connectivity index (χ2n) is 7.68. The molecule has 5 rings (SSSR count). The van der Waals surface area contributed by atoms with Crippen molar-refractivity contribution in [1.82, 2.24) is 4.98 Å². The van der Waals surface area contributed by atoms with E-state index in [0.29, 0.717) is 0 Å². The third-order valence-corrected chi connectivity index (χ3v) is 8.99. The van der Waals surface area contributed by atoms with Gasteiger partial charge in [-0.3, -0.25) is 10.4 Å². The molecule has 0 saturated carbocycles. The topological polar surface area (TPSA) is 75.1 Å². The van der Waals surface area contributed by atoms with Gasteiger partial charge < -0.3 is 5.73 Å². The van der Waals surface area contributed by atoms with Crippen LogP contribution in [0, 0.1) is 5.41 Å². The van der Waals surface area contributed by atoms with Gasteiger partial charge in [0.15, 0.2) is 0 Å². The number of allylic oxidation sites excluding steroid dienone is 1. The molecule has 0 bridgehead atoms. The normalized spacial score (nSPS) is 17.2. The summed E-state index contributed by atoms with van der Waals surface area (Å²) in [6.45, 7) is 0. The van der Waals surface area contributed by atoms with Crippen molar-refractivity contribution in [2.24, 2.45) is 10.7 Å². The second kappa shape index (κ2) is 9.09. The van der Waals surface area contributed by atoms with E-state index in [1.54, 1.807) is 23.1 Å². The summed E-state index contributed by atoms with van der Waals surface area (Å²) in [7, 11) is 0. The molecule has 0 amide bonds. The fourth-order valence-electron chi connectivity index (χ4n) is 4.23. The maximum absolute atomic E-state index is 7.83. The van der Waals surface area contributed by atoms with E-state index in [2.05, 4.69) is 60.0 Å². The van der Waals surface area contributed by atoms with Crippen LogP contribution in [0.4, 0.5) is 0 Å². The number of hydrogen-bond donors (Lipinski definition) is 2. The molecular weight excluding hydrogens is 465 g/mol. The summed E-state index contributed by atoms with van der Waals surface area (Å²) in [6.07, 6.45) is 8.11. The lowest BCUT2D eigenvalue weighted by molar-refractivity contribution is 0.500. The molecule has 4 aromatic rings. The summed E-state index contributed by atoms with van der Waals surface area (Å²) < 4.78 is 1.11. The van der Waals surface area contributed by atoms with E-state index >= 15 is 0 Å². The van der Waals surface area contributed by atoms with E-state index in [1.807, 2.05) is 36.7 Å². The summed E-state index contributed by atoms with van der Waals surface area (Å²) in [4.78, 5) is 10.9. The zero-order valence-electron chi connectivity index (χ0n) is 17.9. The van der Waals surface area contributed by atoms with Crippen LogP contribution in [0.1, 0.15) is 26.9 Å². The molecule has 7 heteroatoms. The molecule has 164 valence electrons. The van der Waals surface area contributed by atoms with Crippen LogP contribution in [0.25, 0.3) is 11.3 Å². The predicted octanol–water partition coefficient (Wildman–Crippen LogP) is 6.55. The lowest BCUT2D eigenvalue weighted by atomic mass is 9.76. The van der Waals surface area contributed by atoms with E-state index in [4.69, 9.17) is 21.1 Å². The molecule has 1 unspecified atom stereocenters. The molecule has 2 aromatic carbocycles. The van der Waals surface area contributed by atoms with Crippen molar-refractivity contribution >= 4 is 46.5 Å². The van der Waals surface area contributed by atoms with Crippen LogP contribution in [0.5, 0.6) is 0 Å². The molecule has 0 fully saturated rings. The fraction of sp³-hybridized carbons (Fsp3) is 0.115. The Bertz CT molecular complexity index is 1280. The lowest BCUT2D eigenvalue weighted by Crippen LogP contribution is -2.29. The van der Waals surface area contributed by atoms with Crippen molar-refractivity contribution in [2.75, 3.05) is 6.26 Å². The van der Waals surface area contributed by atoms with Gasteiger partial charge in [0.2, 0.25) is 0 Å². The number of amidine groups is 1. The number of nitrogens with two attached hydrogens (primary N) is 1. The van der Waals surface area contributed by atoms with Gasteiger partial charge in [-0.2, -0.15) is 0 Å². The standard InChI is InChI=1S/C26H22N4S3/c1-31-24-19(15-21(33-24)23(27)28)20-16-32-25(30-20)26(13-8-14-29-26)22(17-9-4-2-5-10-17)18-11-6-3-7-12-18/h2-16,22H,1H3,(H3,27,28). The van der Waals surface area contributed by atoms with Gasteiger partial charge in [0.1, 0.15) is 16.4 Å². The number of benzene rings is 2.